The topological polar surface area (TPSA) is 109 Å². The van der Waals surface area contributed by atoms with Crippen molar-refractivity contribution in [3.63, 3.8) is 0 Å². The summed E-state index contributed by atoms with van der Waals surface area (Å²) in [5.41, 5.74) is -0.553. The normalized spacial score (nSPS) is 8.00. The van der Waals surface area contributed by atoms with E-state index in [1.165, 1.54) is 24.3 Å². The first-order valence-electron chi connectivity index (χ1n) is 3.16. The number of carbonyl (C=O) groups excluding carboxylic acids is 1. The standard InChI is InChI=1S/C8H6O4.Li.H2O/c9-7(10)5-3-1-2-4-6(5)8(11)12;;/h1-4H,(H,9,10)(H,11,12);;1H2/q;+1;/p-1. The first-order valence-corrected chi connectivity index (χ1v) is 3.16. The van der Waals surface area contributed by atoms with E-state index in [1.807, 2.05) is 0 Å². The smallest absolute Gasteiger partial charge is 0.545 e. The fraction of sp³-hybridized carbons (Fsp3) is 0. The number of carboxylic acid groups (broad SMARTS) is 2. The van der Waals surface area contributed by atoms with Crippen LogP contribution in [0.3, 0.4) is 0 Å². The maximum absolute atomic E-state index is 10.4. The summed E-state index contributed by atoms with van der Waals surface area (Å²) < 4.78 is 0. The number of hydrogen-bond acceptors (Lipinski definition) is 3. The molecule has 0 aliphatic heterocycles. The maximum Gasteiger partial charge on any atom is 1.00 e. The van der Waals surface area contributed by atoms with Crippen LogP contribution in [0, 0.1) is 0 Å². The van der Waals surface area contributed by atoms with Gasteiger partial charge < -0.3 is 20.5 Å². The van der Waals surface area contributed by atoms with E-state index in [4.69, 9.17) is 5.11 Å². The van der Waals surface area contributed by atoms with Crippen molar-refractivity contribution in [1.82, 2.24) is 0 Å². The molecule has 3 N–H and O–H groups in total. The summed E-state index contributed by atoms with van der Waals surface area (Å²) in [4.78, 5) is 20.8. The molecule has 0 saturated heterocycles. The van der Waals surface area contributed by atoms with E-state index >= 15 is 0 Å². The van der Waals surface area contributed by atoms with E-state index in [0.29, 0.717) is 0 Å². The van der Waals surface area contributed by atoms with Gasteiger partial charge in [0.2, 0.25) is 0 Å². The Kier molecular flexibility index (Phi) is 6.75. The number of rotatable bonds is 2. The third-order valence-corrected chi connectivity index (χ3v) is 1.38. The van der Waals surface area contributed by atoms with Crippen molar-refractivity contribution in [2.24, 2.45) is 0 Å². The second-order valence-corrected chi connectivity index (χ2v) is 2.14. The number of hydrogen-bond donors (Lipinski definition) is 1. The third-order valence-electron chi connectivity index (χ3n) is 1.38. The molecule has 5 nitrogen and oxygen atoms in total. The number of aromatic carboxylic acids is 2. The Morgan fingerprint density at radius 1 is 1.14 bits per heavy atom. The molecule has 0 heterocycles. The summed E-state index contributed by atoms with van der Waals surface area (Å²) in [6, 6.07) is 5.31. The van der Waals surface area contributed by atoms with Crippen LogP contribution >= 0.6 is 0 Å². The van der Waals surface area contributed by atoms with Crippen molar-refractivity contribution < 1.29 is 44.1 Å². The molecule has 0 amide bonds. The Hall–Kier alpha value is -1.28. The Labute approximate surface area is 91.9 Å². The van der Waals surface area contributed by atoms with Crippen LogP contribution in [0.25, 0.3) is 0 Å². The minimum atomic E-state index is -1.48. The predicted octanol–water partition coefficient (Wildman–Crippen LogP) is -4.07. The quantitative estimate of drug-likeness (QED) is 0.478. The maximum atomic E-state index is 10.4. The van der Waals surface area contributed by atoms with Gasteiger partial charge in [-0.05, 0) is 6.07 Å². The van der Waals surface area contributed by atoms with Gasteiger partial charge in [-0.3, -0.25) is 0 Å². The van der Waals surface area contributed by atoms with Crippen molar-refractivity contribution in [3.8, 4) is 0 Å². The van der Waals surface area contributed by atoms with Crippen LogP contribution in [0.4, 0.5) is 0 Å². The molecule has 70 valence electrons. The van der Waals surface area contributed by atoms with E-state index in [9.17, 15) is 14.7 Å². The zero-order valence-electron chi connectivity index (χ0n) is 7.48. The molecule has 1 aromatic carbocycles. The van der Waals surface area contributed by atoms with Crippen LogP contribution in [-0.2, 0) is 0 Å². The van der Waals surface area contributed by atoms with Gasteiger partial charge in [-0.1, -0.05) is 18.2 Å². The van der Waals surface area contributed by atoms with Gasteiger partial charge >= 0.3 is 24.8 Å². The van der Waals surface area contributed by atoms with E-state index in [0.717, 1.165) is 0 Å². The number of carboxylic acids is 2. The predicted molar refractivity (Wildman–Crippen MR) is 41.3 cm³/mol. The molecule has 1 aromatic rings. The number of carbonyl (C=O) groups is 2. The van der Waals surface area contributed by atoms with Crippen molar-refractivity contribution in [3.05, 3.63) is 35.4 Å². The van der Waals surface area contributed by atoms with E-state index in [2.05, 4.69) is 0 Å². The average Bonchev–Trinajstić information content (AvgIpc) is 2.04. The molecule has 0 aliphatic carbocycles. The van der Waals surface area contributed by atoms with Gasteiger partial charge in [-0.2, -0.15) is 0 Å². The van der Waals surface area contributed by atoms with Gasteiger partial charge in [-0.25, -0.2) is 4.79 Å². The van der Waals surface area contributed by atoms with Gasteiger partial charge in [-0.15, -0.1) is 0 Å². The Balaban J connectivity index is 0. The molecule has 0 radical (unpaired) electrons. The van der Waals surface area contributed by atoms with Crippen LogP contribution < -0.4 is 24.0 Å². The van der Waals surface area contributed by atoms with Gasteiger partial charge in [0, 0.05) is 5.56 Å². The van der Waals surface area contributed by atoms with Crippen molar-refractivity contribution in [1.29, 1.82) is 0 Å². The molecule has 0 saturated carbocycles. The molecule has 0 bridgehead atoms. The summed E-state index contributed by atoms with van der Waals surface area (Å²) in [7, 11) is 0. The SMILES string of the molecule is O.O=C([O-])c1ccccc1C(=O)O.[Li+]. The Morgan fingerprint density at radius 2 is 1.57 bits per heavy atom. The van der Waals surface area contributed by atoms with Gasteiger partial charge in [0.1, 0.15) is 0 Å². The van der Waals surface area contributed by atoms with Crippen molar-refractivity contribution in [2.75, 3.05) is 0 Å². The summed E-state index contributed by atoms with van der Waals surface area (Å²) in [5.74, 6) is -2.75. The summed E-state index contributed by atoms with van der Waals surface area (Å²) in [6.07, 6.45) is 0. The molecule has 0 aromatic heterocycles. The first kappa shape index (κ1) is 15.2. The second kappa shape index (κ2) is 6.21. The fourth-order valence-electron chi connectivity index (χ4n) is 0.848. The molecule has 14 heavy (non-hydrogen) atoms. The molecule has 0 aliphatic rings. The molecular formula is C8H7LiO5. The average molecular weight is 190 g/mol. The Bertz CT molecular complexity index is 303. The van der Waals surface area contributed by atoms with E-state index < -0.39 is 11.9 Å². The van der Waals surface area contributed by atoms with Gasteiger partial charge in [0.05, 0.1) is 11.5 Å². The summed E-state index contributed by atoms with van der Waals surface area (Å²) in [6.45, 7) is 0. The molecular weight excluding hydrogens is 183 g/mol. The fourth-order valence-corrected chi connectivity index (χ4v) is 0.848. The Morgan fingerprint density at radius 3 is 1.86 bits per heavy atom. The molecule has 0 fully saturated rings. The molecule has 0 spiro atoms. The van der Waals surface area contributed by atoms with Crippen LogP contribution in [0.5, 0.6) is 0 Å². The zero-order chi connectivity index (χ0) is 9.14. The van der Waals surface area contributed by atoms with E-state index in [1.54, 1.807) is 0 Å². The molecule has 1 rings (SSSR count). The van der Waals surface area contributed by atoms with Gasteiger partial charge in [0.15, 0.2) is 0 Å². The van der Waals surface area contributed by atoms with Crippen LogP contribution in [0.2, 0.25) is 0 Å². The largest absolute Gasteiger partial charge is 1.00 e. The first-order chi connectivity index (χ1) is 5.63. The van der Waals surface area contributed by atoms with Gasteiger partial charge in [0.25, 0.3) is 0 Å². The molecule has 0 atom stereocenters. The summed E-state index contributed by atoms with van der Waals surface area (Å²) >= 11 is 0. The monoisotopic (exact) mass is 190 g/mol. The third kappa shape index (κ3) is 3.22. The van der Waals surface area contributed by atoms with Crippen molar-refractivity contribution in [2.45, 2.75) is 0 Å². The molecule has 6 heteroatoms. The minimum Gasteiger partial charge on any atom is -0.545 e. The second-order valence-electron chi connectivity index (χ2n) is 2.14. The van der Waals surface area contributed by atoms with Crippen LogP contribution in [0.15, 0.2) is 24.3 Å². The minimum absolute atomic E-state index is 0. The van der Waals surface area contributed by atoms with Crippen molar-refractivity contribution >= 4 is 11.9 Å². The number of benzene rings is 1. The summed E-state index contributed by atoms with van der Waals surface area (Å²) in [5, 5.41) is 18.9. The molecule has 0 unspecified atom stereocenters. The van der Waals surface area contributed by atoms with Crippen LogP contribution in [0.1, 0.15) is 20.7 Å². The van der Waals surface area contributed by atoms with Crippen LogP contribution in [-0.4, -0.2) is 22.5 Å². The zero-order valence-corrected chi connectivity index (χ0v) is 7.48. The van der Waals surface area contributed by atoms with E-state index in [-0.39, 0.29) is 35.5 Å².